The topological polar surface area (TPSA) is 29.9 Å². The van der Waals surface area contributed by atoms with Crippen molar-refractivity contribution in [2.75, 3.05) is 11.9 Å². The second-order valence-electron chi connectivity index (χ2n) is 6.18. The Balaban J connectivity index is 1.79. The molecule has 26 heavy (non-hydrogen) atoms. The molecule has 0 aliphatic carbocycles. The number of para-hydroxylation sites is 1. The van der Waals surface area contributed by atoms with Crippen LogP contribution in [0.1, 0.15) is 22.4 Å². The summed E-state index contributed by atoms with van der Waals surface area (Å²) in [6.45, 7) is 0.651. The fourth-order valence-corrected chi connectivity index (χ4v) is 3.26. The van der Waals surface area contributed by atoms with Gasteiger partial charge in [0.05, 0.1) is 16.9 Å². The minimum absolute atomic E-state index is 0.00370. The molecule has 0 amide bonds. The van der Waals surface area contributed by atoms with Crippen LogP contribution in [0.2, 0.25) is 0 Å². The number of aromatic nitrogens is 2. The predicted molar refractivity (Wildman–Crippen MR) is 90.0 cm³/mol. The lowest BCUT2D eigenvalue weighted by atomic mass is 10.1. The SMILES string of the molecule is Fc1ccc(Cc2nn(-c3ccccc3C(F)(F)F)c3c2CCN3)cc1. The molecule has 2 heterocycles. The van der Waals surface area contributed by atoms with Crippen LogP contribution in [0.15, 0.2) is 48.5 Å². The van der Waals surface area contributed by atoms with Gasteiger partial charge in [0, 0.05) is 18.5 Å². The first-order valence-corrected chi connectivity index (χ1v) is 8.19. The van der Waals surface area contributed by atoms with Gasteiger partial charge in [0.1, 0.15) is 11.6 Å². The van der Waals surface area contributed by atoms with Gasteiger partial charge in [0.2, 0.25) is 0 Å². The normalized spacial score (nSPS) is 13.5. The Morgan fingerprint density at radius 1 is 1.04 bits per heavy atom. The maximum absolute atomic E-state index is 13.4. The Bertz CT molecular complexity index is 942. The Morgan fingerprint density at radius 2 is 1.77 bits per heavy atom. The zero-order valence-electron chi connectivity index (χ0n) is 13.6. The van der Waals surface area contributed by atoms with Crippen LogP contribution in [0, 0.1) is 5.82 Å². The molecule has 0 saturated heterocycles. The average molecular weight is 361 g/mol. The number of hydrogen-bond donors (Lipinski definition) is 1. The summed E-state index contributed by atoms with van der Waals surface area (Å²) in [6.07, 6.45) is -3.34. The molecular formula is C19H15F4N3. The molecule has 0 radical (unpaired) electrons. The summed E-state index contributed by atoms with van der Waals surface area (Å²) >= 11 is 0. The van der Waals surface area contributed by atoms with Gasteiger partial charge < -0.3 is 5.32 Å². The molecule has 2 aromatic carbocycles. The molecular weight excluding hydrogens is 346 g/mol. The minimum Gasteiger partial charge on any atom is -0.369 e. The average Bonchev–Trinajstić information content (AvgIpc) is 3.20. The van der Waals surface area contributed by atoms with Gasteiger partial charge in [-0.3, -0.25) is 0 Å². The van der Waals surface area contributed by atoms with Crippen LogP contribution in [0.3, 0.4) is 0 Å². The zero-order valence-corrected chi connectivity index (χ0v) is 13.6. The molecule has 1 aliphatic rings. The number of alkyl halides is 3. The van der Waals surface area contributed by atoms with Gasteiger partial charge in [0.25, 0.3) is 0 Å². The molecule has 7 heteroatoms. The maximum Gasteiger partial charge on any atom is 0.418 e. The van der Waals surface area contributed by atoms with Crippen LogP contribution in [0.4, 0.5) is 23.4 Å². The summed E-state index contributed by atoms with van der Waals surface area (Å²) in [5, 5.41) is 7.59. The highest BCUT2D eigenvalue weighted by molar-refractivity contribution is 5.59. The summed E-state index contributed by atoms with van der Waals surface area (Å²) in [4.78, 5) is 0. The van der Waals surface area contributed by atoms with Crippen LogP contribution in [0.5, 0.6) is 0 Å². The van der Waals surface area contributed by atoms with Crippen LogP contribution < -0.4 is 5.32 Å². The van der Waals surface area contributed by atoms with Crippen LogP contribution in [-0.2, 0) is 19.0 Å². The third kappa shape index (κ3) is 2.94. The highest BCUT2D eigenvalue weighted by atomic mass is 19.4. The first kappa shape index (κ1) is 16.6. The lowest BCUT2D eigenvalue weighted by Gasteiger charge is -2.14. The van der Waals surface area contributed by atoms with E-state index >= 15 is 0 Å². The second kappa shape index (κ2) is 6.16. The molecule has 0 saturated carbocycles. The van der Waals surface area contributed by atoms with E-state index in [2.05, 4.69) is 10.4 Å². The summed E-state index contributed by atoms with van der Waals surface area (Å²) in [5.41, 5.74) is 1.73. The number of fused-ring (bicyclic) bond motifs is 1. The number of benzene rings is 2. The summed E-state index contributed by atoms with van der Waals surface area (Å²) in [5.74, 6) is 0.268. The van der Waals surface area contributed by atoms with Gasteiger partial charge in [-0.1, -0.05) is 24.3 Å². The molecule has 4 rings (SSSR count). The highest BCUT2D eigenvalue weighted by Gasteiger charge is 2.35. The van der Waals surface area contributed by atoms with E-state index in [4.69, 9.17) is 0 Å². The second-order valence-corrected chi connectivity index (χ2v) is 6.18. The third-order valence-electron chi connectivity index (χ3n) is 4.46. The molecule has 3 nitrogen and oxygen atoms in total. The lowest BCUT2D eigenvalue weighted by molar-refractivity contribution is -0.137. The molecule has 1 N–H and O–H groups in total. The first-order valence-electron chi connectivity index (χ1n) is 8.19. The fraction of sp³-hybridized carbons (Fsp3) is 0.211. The molecule has 0 bridgehead atoms. The van der Waals surface area contributed by atoms with Crippen molar-refractivity contribution in [2.45, 2.75) is 19.0 Å². The van der Waals surface area contributed by atoms with E-state index in [9.17, 15) is 17.6 Å². The smallest absolute Gasteiger partial charge is 0.369 e. The summed E-state index contributed by atoms with van der Waals surface area (Å²) in [6, 6.07) is 11.4. The van der Waals surface area contributed by atoms with Crippen molar-refractivity contribution in [1.82, 2.24) is 9.78 Å². The lowest BCUT2D eigenvalue weighted by Crippen LogP contribution is -2.13. The molecule has 3 aromatic rings. The van der Waals surface area contributed by atoms with Crippen LogP contribution in [0.25, 0.3) is 5.69 Å². The Hall–Kier alpha value is -2.83. The number of nitrogens with one attached hydrogen (secondary N) is 1. The molecule has 0 spiro atoms. The number of halogens is 4. The van der Waals surface area contributed by atoms with E-state index in [0.717, 1.165) is 17.2 Å². The number of hydrogen-bond acceptors (Lipinski definition) is 2. The van der Waals surface area contributed by atoms with Crippen molar-refractivity contribution in [2.24, 2.45) is 0 Å². The van der Waals surface area contributed by atoms with Crippen molar-refractivity contribution >= 4 is 5.82 Å². The Kier molecular flexibility index (Phi) is 3.94. The van der Waals surface area contributed by atoms with Crippen LogP contribution in [-0.4, -0.2) is 16.3 Å². The number of anilines is 1. The van der Waals surface area contributed by atoms with Gasteiger partial charge in [0.15, 0.2) is 0 Å². The molecule has 0 atom stereocenters. The van der Waals surface area contributed by atoms with Crippen molar-refractivity contribution in [1.29, 1.82) is 0 Å². The maximum atomic E-state index is 13.4. The van der Waals surface area contributed by atoms with Gasteiger partial charge >= 0.3 is 6.18 Å². The van der Waals surface area contributed by atoms with E-state index in [1.54, 1.807) is 18.2 Å². The van der Waals surface area contributed by atoms with Crippen LogP contribution >= 0.6 is 0 Å². The predicted octanol–water partition coefficient (Wildman–Crippen LogP) is 4.59. The first-order chi connectivity index (χ1) is 12.4. The van der Waals surface area contributed by atoms with E-state index in [1.165, 1.54) is 28.9 Å². The van der Waals surface area contributed by atoms with E-state index in [-0.39, 0.29) is 11.5 Å². The van der Waals surface area contributed by atoms with Crippen molar-refractivity contribution in [3.63, 3.8) is 0 Å². The van der Waals surface area contributed by atoms with E-state index < -0.39 is 11.7 Å². The molecule has 1 aromatic heterocycles. The molecule has 0 unspecified atom stereocenters. The largest absolute Gasteiger partial charge is 0.418 e. The minimum atomic E-state index is -4.47. The summed E-state index contributed by atoms with van der Waals surface area (Å²) < 4.78 is 54.6. The van der Waals surface area contributed by atoms with E-state index in [0.29, 0.717) is 30.9 Å². The van der Waals surface area contributed by atoms with Gasteiger partial charge in [-0.15, -0.1) is 0 Å². The van der Waals surface area contributed by atoms with Gasteiger partial charge in [-0.2, -0.15) is 18.3 Å². The zero-order chi connectivity index (χ0) is 18.3. The highest BCUT2D eigenvalue weighted by Crippen LogP contribution is 2.37. The van der Waals surface area contributed by atoms with Gasteiger partial charge in [-0.25, -0.2) is 9.07 Å². The number of nitrogens with zero attached hydrogens (tertiary/aromatic N) is 2. The Morgan fingerprint density at radius 3 is 2.50 bits per heavy atom. The number of rotatable bonds is 3. The molecule has 0 fully saturated rings. The summed E-state index contributed by atoms with van der Waals surface area (Å²) in [7, 11) is 0. The molecule has 1 aliphatic heterocycles. The fourth-order valence-electron chi connectivity index (χ4n) is 3.26. The molecule has 134 valence electrons. The van der Waals surface area contributed by atoms with Crippen molar-refractivity contribution in [3.8, 4) is 5.69 Å². The monoisotopic (exact) mass is 361 g/mol. The third-order valence-corrected chi connectivity index (χ3v) is 4.46. The Labute approximate surface area is 147 Å². The standard InChI is InChI=1S/C19H15F4N3/c20-13-7-5-12(6-8-13)11-16-14-9-10-24-18(14)26(25-16)17-4-2-1-3-15(17)19(21,22)23/h1-8,24H,9-11H2. The quantitative estimate of drug-likeness (QED) is 0.692. The van der Waals surface area contributed by atoms with Gasteiger partial charge in [-0.05, 0) is 36.2 Å². The van der Waals surface area contributed by atoms with Crippen molar-refractivity contribution < 1.29 is 17.6 Å². The van der Waals surface area contributed by atoms with Crippen molar-refractivity contribution in [3.05, 3.63) is 76.7 Å². The van der Waals surface area contributed by atoms with E-state index in [1.807, 2.05) is 0 Å².